The van der Waals surface area contributed by atoms with E-state index in [9.17, 15) is 53.7 Å². The summed E-state index contributed by atoms with van der Waals surface area (Å²) < 4.78 is 0. The molecule has 2 aromatic carbocycles. The number of guanidine groups is 4. The molecule has 7 atom stereocenters. The molecule has 32 nitrogen and oxygen atoms in total. The minimum Gasteiger partial charge on any atom is -0.508 e. The van der Waals surface area contributed by atoms with Crippen LogP contribution in [0, 0.1) is 0 Å². The molecule has 0 saturated carbocycles. The van der Waals surface area contributed by atoms with Gasteiger partial charge in [-0.3, -0.25) is 53.5 Å². The number of amides is 7. The highest BCUT2D eigenvalue weighted by Crippen LogP contribution is 2.16. The van der Waals surface area contributed by atoms with E-state index in [-0.39, 0.29) is 132 Å². The number of hydrogen-bond donors (Lipinski definition) is 20. The molecule has 2 aromatic rings. The number of benzene rings is 2. The van der Waals surface area contributed by atoms with Crippen molar-refractivity contribution in [3.8, 4) is 11.5 Å². The first-order chi connectivity index (χ1) is 38.9. The Balaban J connectivity index is 2.56. The molecule has 0 saturated heterocycles. The van der Waals surface area contributed by atoms with Gasteiger partial charge in [0.05, 0.1) is 12.6 Å². The Hall–Kier alpha value is -9.20. The van der Waals surface area contributed by atoms with E-state index >= 15 is 0 Å². The fourth-order valence-electron chi connectivity index (χ4n) is 7.78. The maximum Gasteiger partial charge on any atom is 0.326 e. The summed E-state index contributed by atoms with van der Waals surface area (Å²) >= 11 is 0. The number of nitrogens with one attached hydrogen (secondary N) is 7. The molecule has 30 N–H and O–H groups in total. The largest absolute Gasteiger partial charge is 0.508 e. The minimum atomic E-state index is -1.53. The first-order valence-electron chi connectivity index (χ1n) is 26.4. The van der Waals surface area contributed by atoms with E-state index in [2.05, 4.69) is 57.2 Å². The van der Waals surface area contributed by atoms with Gasteiger partial charge in [0.1, 0.15) is 47.8 Å². The Morgan fingerprint density at radius 3 is 1.10 bits per heavy atom. The van der Waals surface area contributed by atoms with E-state index < -0.39 is 96.2 Å². The van der Waals surface area contributed by atoms with Gasteiger partial charge in [-0.15, -0.1) is 0 Å². The lowest BCUT2D eigenvalue weighted by Gasteiger charge is -2.28. The number of nitrogens with zero attached hydrogens (tertiary/aromatic N) is 4. The van der Waals surface area contributed by atoms with E-state index in [1.54, 1.807) is 0 Å². The van der Waals surface area contributed by atoms with E-state index in [1.165, 1.54) is 48.5 Å². The first kappa shape index (κ1) is 68.9. The van der Waals surface area contributed by atoms with Crippen molar-refractivity contribution in [1.82, 2.24) is 37.2 Å². The Morgan fingerprint density at radius 2 is 0.732 bits per heavy atom. The zero-order valence-electron chi connectivity index (χ0n) is 45.8. The summed E-state index contributed by atoms with van der Waals surface area (Å²) in [7, 11) is 0. The third-order valence-corrected chi connectivity index (χ3v) is 12.1. The van der Waals surface area contributed by atoms with Crippen LogP contribution < -0.4 is 94.6 Å². The molecule has 7 amide bonds. The number of hydrogen-bond acceptors (Lipinski definition) is 16. The molecule has 0 spiro atoms. The normalized spacial score (nSPS) is 13.3. The van der Waals surface area contributed by atoms with Crippen LogP contribution in [0.1, 0.15) is 81.8 Å². The van der Waals surface area contributed by atoms with Gasteiger partial charge in [0, 0.05) is 39.0 Å². The van der Waals surface area contributed by atoms with Crippen LogP contribution in [0.4, 0.5) is 0 Å². The number of nitrogens with two attached hydrogens (primary N) is 10. The number of phenols is 2. The number of carboxylic acids is 1. The van der Waals surface area contributed by atoms with Crippen molar-refractivity contribution in [2.24, 2.45) is 77.3 Å². The van der Waals surface area contributed by atoms with Crippen LogP contribution in [0.15, 0.2) is 68.5 Å². The van der Waals surface area contributed by atoms with Crippen LogP contribution in [0.3, 0.4) is 0 Å². The van der Waals surface area contributed by atoms with E-state index in [4.69, 9.17) is 57.3 Å². The average Bonchev–Trinajstić information content (AvgIpc) is 3.49. The predicted molar refractivity (Wildman–Crippen MR) is 306 cm³/mol. The predicted octanol–water partition coefficient (Wildman–Crippen LogP) is -6.34. The zero-order chi connectivity index (χ0) is 61.1. The fraction of sp³-hybridized carbons (Fsp3) is 0.520. The number of carbonyl (C=O) groups excluding carboxylic acids is 7. The Labute approximate surface area is 474 Å². The lowest BCUT2D eigenvalue weighted by atomic mass is 10.0. The standard InChI is InChI=1S/C50H83N21O11/c51-20-2-1-8-34(67-41(76)33(9-4-22-62-48(55)56)66-39(74)27-65-40(75)32(52)7-3-21-61-47(53)54)43(78)70-38(26-29-14-18-31(73)19-15-29)45(80)71-37(25-28-12-16-30(72)17-13-28)44(79)68-35(10-5-23-63-49(57)58)42(77)69-36(46(81)82)11-6-24-64-50(59)60/h12-19,32-38,72-73H,1-11,20-27,51-52H2,(H,65,75)(H,66,74)(H,67,76)(H,68,79)(H,69,77)(H,70,78)(H,71,80)(H,81,82)(H4,53,54,61)(H4,55,56,62)(H4,57,58,63)(H4,59,60,64)/t32-,33-,34-,35-,36-,37-,38-/m0/s1. The molecule has 0 aliphatic rings. The highest BCUT2D eigenvalue weighted by Gasteiger charge is 2.34. The van der Waals surface area contributed by atoms with Crippen LogP contribution >= 0.6 is 0 Å². The Morgan fingerprint density at radius 1 is 0.415 bits per heavy atom. The second-order valence-electron chi connectivity index (χ2n) is 18.9. The van der Waals surface area contributed by atoms with Gasteiger partial charge < -0.3 is 110 Å². The highest BCUT2D eigenvalue weighted by atomic mass is 16.4. The number of carbonyl (C=O) groups is 8. The van der Waals surface area contributed by atoms with Gasteiger partial charge in [-0.2, -0.15) is 0 Å². The molecule has 82 heavy (non-hydrogen) atoms. The van der Waals surface area contributed by atoms with E-state index in [1.807, 2.05) is 0 Å². The Kier molecular flexibility index (Phi) is 31.6. The molecule has 0 aliphatic heterocycles. The summed E-state index contributed by atoms with van der Waals surface area (Å²) in [5, 5.41) is 48.2. The van der Waals surface area contributed by atoms with Crippen molar-refractivity contribution >= 4 is 71.2 Å². The van der Waals surface area contributed by atoms with Gasteiger partial charge in [-0.25, -0.2) is 4.79 Å². The number of aromatic hydroxyl groups is 2. The third kappa shape index (κ3) is 29.1. The summed E-state index contributed by atoms with van der Waals surface area (Å²) in [6.07, 6.45) is 0.885. The van der Waals surface area contributed by atoms with Gasteiger partial charge in [0.25, 0.3) is 0 Å². The maximum absolute atomic E-state index is 14.7. The maximum atomic E-state index is 14.7. The summed E-state index contributed by atoms with van der Waals surface area (Å²) in [5.74, 6) is -8.35. The molecular weight excluding hydrogens is 1070 g/mol. The van der Waals surface area contributed by atoms with Crippen molar-refractivity contribution in [3.63, 3.8) is 0 Å². The van der Waals surface area contributed by atoms with Crippen LogP contribution in [0.25, 0.3) is 0 Å². The summed E-state index contributed by atoms with van der Waals surface area (Å²) in [4.78, 5) is 126. The SMILES string of the molecule is NCCCC[C@H](NC(=O)[C@H](CCCN=C(N)N)NC(=O)CNC(=O)[C@@H](N)CCCN=C(N)N)C(=O)N[C@@H](Cc1ccc(O)cc1)C(=O)N[C@@H](Cc1ccc(O)cc1)C(=O)N[C@@H](CCCN=C(N)N)C(=O)N[C@@H](CCCN=C(N)N)C(=O)O. The molecule has 0 aliphatic carbocycles. The average molecular weight is 1150 g/mol. The molecule has 0 bridgehead atoms. The topological polar surface area (TPSA) is 591 Å². The van der Waals surface area contributed by atoms with E-state index in [0.29, 0.717) is 30.4 Å². The number of carboxylic acid groups (broad SMARTS) is 1. The summed E-state index contributed by atoms with van der Waals surface area (Å²) in [6.45, 7) is -0.0219. The van der Waals surface area contributed by atoms with Gasteiger partial charge in [-0.1, -0.05) is 24.3 Å². The van der Waals surface area contributed by atoms with E-state index in [0.717, 1.165) is 0 Å². The number of unbranched alkanes of at least 4 members (excludes halogenated alkanes) is 1. The van der Waals surface area contributed by atoms with Crippen molar-refractivity contribution < 1.29 is 53.7 Å². The van der Waals surface area contributed by atoms with Gasteiger partial charge in [0.15, 0.2) is 23.8 Å². The molecule has 0 fully saturated rings. The van der Waals surface area contributed by atoms with Gasteiger partial charge in [-0.05, 0) is 113 Å². The molecule has 454 valence electrons. The molecule has 2 rings (SSSR count). The van der Waals surface area contributed by atoms with Crippen LogP contribution in [-0.2, 0) is 51.2 Å². The molecule has 0 unspecified atom stereocenters. The number of phenolic OH excluding ortho intramolecular Hbond substituents is 2. The van der Waals surface area contributed by atoms with Gasteiger partial charge >= 0.3 is 5.97 Å². The fourth-order valence-corrected chi connectivity index (χ4v) is 7.78. The quantitative estimate of drug-likeness (QED) is 0.0168. The lowest BCUT2D eigenvalue weighted by molar-refractivity contribution is -0.142. The minimum absolute atomic E-state index is 0.0118. The van der Waals surface area contributed by atoms with Crippen molar-refractivity contribution in [2.45, 2.75) is 126 Å². The van der Waals surface area contributed by atoms with Crippen molar-refractivity contribution in [3.05, 3.63) is 59.7 Å². The monoisotopic (exact) mass is 1150 g/mol. The van der Waals surface area contributed by atoms with Crippen LogP contribution in [0.5, 0.6) is 11.5 Å². The van der Waals surface area contributed by atoms with Crippen LogP contribution in [-0.4, -0.2) is 168 Å². The van der Waals surface area contributed by atoms with Gasteiger partial charge in [0.2, 0.25) is 41.4 Å². The highest BCUT2D eigenvalue weighted by molar-refractivity contribution is 5.97. The lowest BCUT2D eigenvalue weighted by Crippen LogP contribution is -2.60. The molecular formula is C50H83N21O11. The molecule has 0 aromatic heterocycles. The third-order valence-electron chi connectivity index (χ3n) is 12.1. The number of aliphatic carboxylic acids is 1. The van der Waals surface area contributed by atoms with Crippen molar-refractivity contribution in [2.75, 3.05) is 39.3 Å². The molecule has 0 heterocycles. The smallest absolute Gasteiger partial charge is 0.326 e. The molecule has 32 heteroatoms. The number of rotatable bonds is 39. The summed E-state index contributed by atoms with van der Waals surface area (Å²) in [5.41, 5.74) is 56.0. The zero-order valence-corrected chi connectivity index (χ0v) is 45.8. The van der Waals surface area contributed by atoms with Crippen molar-refractivity contribution in [1.29, 1.82) is 0 Å². The summed E-state index contributed by atoms with van der Waals surface area (Å²) in [6, 6.07) is 1.68. The second kappa shape index (κ2) is 37.6. The second-order valence-corrected chi connectivity index (χ2v) is 18.9. The van der Waals surface area contributed by atoms with Crippen LogP contribution in [0.2, 0.25) is 0 Å². The first-order valence-corrected chi connectivity index (χ1v) is 26.4. The number of aliphatic imine (C=N–C) groups is 4. The Bertz CT molecular complexity index is 2500. The molecule has 0 radical (unpaired) electrons.